The van der Waals surface area contributed by atoms with Gasteiger partial charge < -0.3 is 0 Å². The van der Waals surface area contributed by atoms with E-state index >= 15 is 0 Å². The van der Waals surface area contributed by atoms with E-state index in [4.69, 9.17) is 0 Å². The first-order chi connectivity index (χ1) is 9.55. The molecule has 0 saturated heterocycles. The number of carbonyl (C=O) groups excluding carboxylic acids is 1. The summed E-state index contributed by atoms with van der Waals surface area (Å²) in [7, 11) is 0. The van der Waals surface area contributed by atoms with Gasteiger partial charge in [-0.1, -0.05) is 44.2 Å². The Kier molecular flexibility index (Phi) is 3.01. The number of carbonyl (C=O) groups is 1. The van der Waals surface area contributed by atoms with Gasteiger partial charge in [0.1, 0.15) is 11.4 Å². The van der Waals surface area contributed by atoms with Crippen molar-refractivity contribution in [3.05, 3.63) is 42.1 Å². The SMILES string of the molecule is CC1(C)CC(=O)C=C(c2n[nH]nc2-c2ccccc2)C1. The summed E-state index contributed by atoms with van der Waals surface area (Å²) < 4.78 is 0. The molecule has 0 radical (unpaired) electrons. The predicted molar refractivity (Wildman–Crippen MR) is 77.8 cm³/mol. The molecule has 0 amide bonds. The minimum absolute atomic E-state index is 0.0198. The Balaban J connectivity index is 2.05. The maximum Gasteiger partial charge on any atom is 0.156 e. The molecule has 1 N–H and O–H groups in total. The van der Waals surface area contributed by atoms with E-state index in [1.807, 2.05) is 30.3 Å². The highest BCUT2D eigenvalue weighted by Crippen LogP contribution is 2.39. The average Bonchev–Trinajstić information content (AvgIpc) is 2.86. The number of hydrogen-bond donors (Lipinski definition) is 1. The molecule has 0 spiro atoms. The van der Waals surface area contributed by atoms with E-state index < -0.39 is 0 Å². The molecule has 1 aromatic heterocycles. The van der Waals surface area contributed by atoms with Crippen LogP contribution in [-0.2, 0) is 4.79 Å². The Labute approximate surface area is 117 Å². The summed E-state index contributed by atoms with van der Waals surface area (Å²) in [4.78, 5) is 11.9. The van der Waals surface area contributed by atoms with Gasteiger partial charge in [0.05, 0.1) is 0 Å². The van der Waals surface area contributed by atoms with Crippen molar-refractivity contribution in [1.29, 1.82) is 0 Å². The van der Waals surface area contributed by atoms with Gasteiger partial charge in [-0.15, -0.1) is 0 Å². The molecule has 0 atom stereocenters. The van der Waals surface area contributed by atoms with Gasteiger partial charge in [-0.05, 0) is 23.5 Å². The van der Waals surface area contributed by atoms with Crippen LogP contribution >= 0.6 is 0 Å². The Morgan fingerprint density at radius 3 is 2.45 bits per heavy atom. The number of aromatic amines is 1. The number of hydrogen-bond acceptors (Lipinski definition) is 3. The van der Waals surface area contributed by atoms with Crippen molar-refractivity contribution in [3.8, 4) is 11.3 Å². The van der Waals surface area contributed by atoms with Crippen LogP contribution < -0.4 is 0 Å². The number of nitrogens with one attached hydrogen (secondary N) is 1. The van der Waals surface area contributed by atoms with Gasteiger partial charge in [0, 0.05) is 12.0 Å². The molecule has 0 aliphatic heterocycles. The second-order valence-corrected chi connectivity index (χ2v) is 6.04. The van der Waals surface area contributed by atoms with E-state index in [-0.39, 0.29) is 11.2 Å². The molecule has 0 bridgehead atoms. The molecule has 102 valence electrons. The van der Waals surface area contributed by atoms with Crippen LogP contribution in [0.3, 0.4) is 0 Å². The average molecular weight is 267 g/mol. The molecule has 4 nitrogen and oxygen atoms in total. The Bertz CT molecular complexity index is 668. The Hall–Kier alpha value is -2.23. The minimum Gasteiger partial charge on any atom is -0.295 e. The fraction of sp³-hybridized carbons (Fsp3) is 0.312. The number of allylic oxidation sites excluding steroid dienone is 2. The first-order valence-corrected chi connectivity index (χ1v) is 6.75. The highest BCUT2D eigenvalue weighted by atomic mass is 16.1. The van der Waals surface area contributed by atoms with Gasteiger partial charge in [0.25, 0.3) is 0 Å². The van der Waals surface area contributed by atoms with E-state index in [1.54, 1.807) is 6.08 Å². The van der Waals surface area contributed by atoms with Crippen LogP contribution in [0.25, 0.3) is 16.8 Å². The predicted octanol–water partition coefficient (Wildman–Crippen LogP) is 3.24. The molecule has 0 fully saturated rings. The minimum atomic E-state index is -0.0198. The highest BCUT2D eigenvalue weighted by molar-refractivity contribution is 5.99. The quantitative estimate of drug-likeness (QED) is 0.908. The third kappa shape index (κ3) is 2.41. The van der Waals surface area contributed by atoms with Crippen molar-refractivity contribution in [3.63, 3.8) is 0 Å². The second kappa shape index (κ2) is 4.71. The maximum absolute atomic E-state index is 11.9. The van der Waals surface area contributed by atoms with Crippen LogP contribution in [-0.4, -0.2) is 21.2 Å². The number of ketones is 1. The van der Waals surface area contributed by atoms with Crippen LogP contribution in [0.1, 0.15) is 32.4 Å². The normalized spacial score (nSPS) is 17.9. The van der Waals surface area contributed by atoms with Crippen molar-refractivity contribution in [2.45, 2.75) is 26.7 Å². The Morgan fingerprint density at radius 1 is 1.05 bits per heavy atom. The van der Waals surface area contributed by atoms with Crippen molar-refractivity contribution in [2.75, 3.05) is 0 Å². The fourth-order valence-electron chi connectivity index (χ4n) is 2.75. The zero-order valence-electron chi connectivity index (χ0n) is 11.7. The summed E-state index contributed by atoms with van der Waals surface area (Å²) in [6.45, 7) is 4.22. The van der Waals surface area contributed by atoms with E-state index in [2.05, 4.69) is 29.3 Å². The number of H-pyrrole nitrogens is 1. The van der Waals surface area contributed by atoms with E-state index in [9.17, 15) is 4.79 Å². The molecule has 20 heavy (non-hydrogen) atoms. The van der Waals surface area contributed by atoms with Crippen LogP contribution in [0.4, 0.5) is 0 Å². The zero-order valence-corrected chi connectivity index (χ0v) is 11.7. The molecule has 4 heteroatoms. The van der Waals surface area contributed by atoms with Gasteiger partial charge >= 0.3 is 0 Å². The van der Waals surface area contributed by atoms with E-state index in [0.717, 1.165) is 28.9 Å². The van der Waals surface area contributed by atoms with Crippen LogP contribution in [0, 0.1) is 5.41 Å². The second-order valence-electron chi connectivity index (χ2n) is 6.04. The van der Waals surface area contributed by atoms with Gasteiger partial charge in [-0.25, -0.2) is 0 Å². The summed E-state index contributed by atoms with van der Waals surface area (Å²) in [5.74, 6) is 0.165. The lowest BCUT2D eigenvalue weighted by Crippen LogP contribution is -2.21. The van der Waals surface area contributed by atoms with Crippen LogP contribution in [0.2, 0.25) is 0 Å². The lowest BCUT2D eigenvalue weighted by molar-refractivity contribution is -0.116. The largest absolute Gasteiger partial charge is 0.295 e. The summed E-state index contributed by atoms with van der Waals surface area (Å²) in [6.07, 6.45) is 3.15. The smallest absolute Gasteiger partial charge is 0.156 e. The highest BCUT2D eigenvalue weighted by Gasteiger charge is 2.30. The third-order valence-corrected chi connectivity index (χ3v) is 3.56. The van der Waals surface area contributed by atoms with Crippen LogP contribution in [0.15, 0.2) is 36.4 Å². The molecule has 2 aromatic rings. The third-order valence-electron chi connectivity index (χ3n) is 3.56. The molecular formula is C16H17N3O. The monoisotopic (exact) mass is 267 g/mol. The zero-order chi connectivity index (χ0) is 14.2. The van der Waals surface area contributed by atoms with E-state index in [0.29, 0.717) is 6.42 Å². The van der Waals surface area contributed by atoms with Gasteiger partial charge in [0.2, 0.25) is 0 Å². The van der Waals surface area contributed by atoms with Gasteiger partial charge in [-0.3, -0.25) is 4.79 Å². The first-order valence-electron chi connectivity index (χ1n) is 6.75. The lowest BCUT2D eigenvalue weighted by atomic mass is 9.75. The van der Waals surface area contributed by atoms with Crippen molar-refractivity contribution in [2.24, 2.45) is 5.41 Å². The van der Waals surface area contributed by atoms with Crippen molar-refractivity contribution >= 4 is 11.4 Å². The number of benzene rings is 1. The maximum atomic E-state index is 11.9. The lowest BCUT2D eigenvalue weighted by Gasteiger charge is -2.28. The Morgan fingerprint density at radius 2 is 1.75 bits per heavy atom. The molecule has 1 aliphatic carbocycles. The first kappa shape index (κ1) is 12.8. The van der Waals surface area contributed by atoms with Crippen molar-refractivity contribution < 1.29 is 4.79 Å². The molecular weight excluding hydrogens is 250 g/mol. The molecule has 1 aliphatic rings. The topological polar surface area (TPSA) is 58.6 Å². The number of nitrogens with zero attached hydrogens (tertiary/aromatic N) is 2. The van der Waals surface area contributed by atoms with Crippen molar-refractivity contribution in [1.82, 2.24) is 15.4 Å². The van der Waals surface area contributed by atoms with Gasteiger partial charge in [-0.2, -0.15) is 15.4 Å². The molecule has 0 unspecified atom stereocenters. The summed E-state index contributed by atoms with van der Waals surface area (Å²) in [5.41, 5.74) is 3.56. The standard InChI is InChI=1S/C16H17N3O/c1-16(2)9-12(8-13(20)10-16)15-14(17-19-18-15)11-6-4-3-5-7-11/h3-8H,9-10H2,1-2H3,(H,17,18,19). The molecule has 0 saturated carbocycles. The summed E-state index contributed by atoms with van der Waals surface area (Å²) in [5, 5.41) is 11.2. The molecule has 1 heterocycles. The summed E-state index contributed by atoms with van der Waals surface area (Å²) in [6, 6.07) is 9.90. The van der Waals surface area contributed by atoms with Gasteiger partial charge in [0.15, 0.2) is 5.78 Å². The number of rotatable bonds is 2. The summed E-state index contributed by atoms with van der Waals surface area (Å²) >= 11 is 0. The fourth-order valence-corrected chi connectivity index (χ4v) is 2.75. The number of aromatic nitrogens is 3. The van der Waals surface area contributed by atoms with E-state index in [1.165, 1.54) is 0 Å². The van der Waals surface area contributed by atoms with Crippen LogP contribution in [0.5, 0.6) is 0 Å². The molecule has 1 aromatic carbocycles. The molecule has 3 rings (SSSR count).